The summed E-state index contributed by atoms with van der Waals surface area (Å²) in [5, 5.41) is 3.05. The molecule has 22 heavy (non-hydrogen) atoms. The molecule has 0 atom stereocenters. The average molecular weight is 311 g/mol. The monoisotopic (exact) mass is 311 g/mol. The van der Waals surface area contributed by atoms with E-state index in [1.54, 1.807) is 32.1 Å². The van der Waals surface area contributed by atoms with Crippen LogP contribution in [0.3, 0.4) is 0 Å². The van der Waals surface area contributed by atoms with Crippen molar-refractivity contribution >= 4 is 17.2 Å². The Morgan fingerprint density at radius 3 is 2.73 bits per heavy atom. The first-order chi connectivity index (χ1) is 10.5. The van der Waals surface area contributed by atoms with E-state index in [9.17, 15) is 13.6 Å². The van der Waals surface area contributed by atoms with Crippen molar-refractivity contribution in [1.82, 2.24) is 0 Å². The number of carbonyl (C=O) groups is 1. The van der Waals surface area contributed by atoms with Gasteiger partial charge in [-0.15, -0.1) is 6.58 Å². The highest BCUT2D eigenvalue weighted by Crippen LogP contribution is 2.30. The topological polar surface area (TPSA) is 47.6 Å². The predicted octanol–water partition coefficient (Wildman–Crippen LogP) is 3.85. The number of alkyl halides is 2. The maximum atomic E-state index is 12.4. The highest BCUT2D eigenvalue weighted by molar-refractivity contribution is 6.18. The number of allylic oxidation sites excluding steroid dienone is 1. The summed E-state index contributed by atoms with van der Waals surface area (Å²) in [5.74, 6) is -0.557. The molecule has 6 heteroatoms. The van der Waals surface area contributed by atoms with Gasteiger partial charge in [0.1, 0.15) is 5.75 Å². The Balaban J connectivity index is 3.24. The molecule has 0 amide bonds. The zero-order valence-electron chi connectivity index (χ0n) is 12.6. The van der Waals surface area contributed by atoms with E-state index < -0.39 is 12.6 Å². The highest BCUT2D eigenvalue weighted by Gasteiger charge is 2.17. The van der Waals surface area contributed by atoms with Crippen LogP contribution in [0, 0.1) is 0 Å². The first-order valence-corrected chi connectivity index (χ1v) is 6.80. The fraction of sp³-hybridized carbons (Fsp3) is 0.312. The standard InChI is InChI=1S/C16H19F2NO3/c1-4-9-19-14-8-7-11(22-16(17)18)10-13(14)12(5-2)15(20)21-6-3/h4-5,7-8,10,16,19H,1,6,9H2,2-3H3/b12-5-. The van der Waals surface area contributed by atoms with Crippen LogP contribution in [0.15, 0.2) is 36.9 Å². The molecule has 0 bridgehead atoms. The van der Waals surface area contributed by atoms with E-state index in [4.69, 9.17) is 4.74 Å². The molecule has 0 heterocycles. The van der Waals surface area contributed by atoms with Crippen molar-refractivity contribution in [3.05, 3.63) is 42.5 Å². The molecule has 1 aromatic rings. The van der Waals surface area contributed by atoms with E-state index in [0.717, 1.165) is 0 Å². The lowest BCUT2D eigenvalue weighted by atomic mass is 10.0. The van der Waals surface area contributed by atoms with Crippen molar-refractivity contribution in [3.8, 4) is 5.75 Å². The number of ether oxygens (including phenoxy) is 2. The third kappa shape index (κ3) is 4.87. The highest BCUT2D eigenvalue weighted by atomic mass is 19.3. The van der Waals surface area contributed by atoms with Crippen LogP contribution in [-0.2, 0) is 9.53 Å². The van der Waals surface area contributed by atoms with Crippen LogP contribution in [0.2, 0.25) is 0 Å². The van der Waals surface area contributed by atoms with Gasteiger partial charge in [0, 0.05) is 17.8 Å². The van der Waals surface area contributed by atoms with Crippen molar-refractivity contribution in [2.24, 2.45) is 0 Å². The minimum Gasteiger partial charge on any atom is -0.462 e. The second-order valence-electron chi connectivity index (χ2n) is 4.18. The number of rotatable bonds is 8. The molecule has 0 fully saturated rings. The lowest BCUT2D eigenvalue weighted by molar-refractivity contribution is -0.136. The Kier molecular flexibility index (Phi) is 7.08. The third-order valence-corrected chi connectivity index (χ3v) is 2.73. The number of halogens is 2. The number of hydrogen-bond acceptors (Lipinski definition) is 4. The zero-order valence-corrected chi connectivity index (χ0v) is 12.6. The molecular weight excluding hydrogens is 292 g/mol. The molecule has 0 radical (unpaired) electrons. The van der Waals surface area contributed by atoms with Gasteiger partial charge in [0.25, 0.3) is 0 Å². The van der Waals surface area contributed by atoms with Crippen LogP contribution in [0.4, 0.5) is 14.5 Å². The molecule has 0 unspecified atom stereocenters. The van der Waals surface area contributed by atoms with Crippen molar-refractivity contribution < 1.29 is 23.0 Å². The van der Waals surface area contributed by atoms with Crippen LogP contribution >= 0.6 is 0 Å². The van der Waals surface area contributed by atoms with Crippen molar-refractivity contribution in [2.75, 3.05) is 18.5 Å². The minimum atomic E-state index is -2.93. The Hall–Kier alpha value is -2.37. The van der Waals surface area contributed by atoms with Gasteiger partial charge in [0.15, 0.2) is 0 Å². The first-order valence-electron chi connectivity index (χ1n) is 6.80. The maximum Gasteiger partial charge on any atom is 0.387 e. The van der Waals surface area contributed by atoms with Gasteiger partial charge in [-0.1, -0.05) is 12.2 Å². The van der Waals surface area contributed by atoms with Crippen molar-refractivity contribution in [2.45, 2.75) is 20.5 Å². The number of hydrogen-bond donors (Lipinski definition) is 1. The Labute approximate surface area is 128 Å². The van der Waals surface area contributed by atoms with E-state index >= 15 is 0 Å². The molecule has 1 N–H and O–H groups in total. The quantitative estimate of drug-likeness (QED) is 0.450. The molecule has 0 aliphatic rings. The molecule has 1 aromatic carbocycles. The molecule has 0 aromatic heterocycles. The predicted molar refractivity (Wildman–Crippen MR) is 82.0 cm³/mol. The van der Waals surface area contributed by atoms with Gasteiger partial charge in [0.05, 0.1) is 12.2 Å². The first kappa shape index (κ1) is 17.7. The van der Waals surface area contributed by atoms with Gasteiger partial charge < -0.3 is 14.8 Å². The van der Waals surface area contributed by atoms with E-state index in [0.29, 0.717) is 17.8 Å². The molecule has 0 aliphatic heterocycles. The van der Waals surface area contributed by atoms with E-state index in [-0.39, 0.29) is 17.9 Å². The largest absolute Gasteiger partial charge is 0.462 e. The summed E-state index contributed by atoms with van der Waals surface area (Å²) in [6, 6.07) is 4.35. The van der Waals surface area contributed by atoms with Crippen LogP contribution in [0.25, 0.3) is 5.57 Å². The Morgan fingerprint density at radius 1 is 1.45 bits per heavy atom. The molecule has 4 nitrogen and oxygen atoms in total. The lowest BCUT2D eigenvalue weighted by Crippen LogP contribution is -2.10. The number of anilines is 1. The van der Waals surface area contributed by atoms with Crippen LogP contribution in [-0.4, -0.2) is 25.7 Å². The molecule has 0 saturated carbocycles. The molecule has 0 aliphatic carbocycles. The van der Waals surface area contributed by atoms with Crippen molar-refractivity contribution in [3.63, 3.8) is 0 Å². The molecule has 120 valence electrons. The summed E-state index contributed by atoms with van der Waals surface area (Å²) < 4.78 is 34.1. The number of esters is 1. The minimum absolute atomic E-state index is 0.0298. The summed E-state index contributed by atoms with van der Waals surface area (Å²) in [6.07, 6.45) is 3.21. The van der Waals surface area contributed by atoms with E-state index in [1.165, 1.54) is 12.1 Å². The molecule has 1 rings (SSSR count). The van der Waals surface area contributed by atoms with E-state index in [1.807, 2.05) is 0 Å². The second kappa shape index (κ2) is 8.81. The number of nitrogens with one attached hydrogen (secondary N) is 1. The fourth-order valence-electron chi connectivity index (χ4n) is 1.85. The number of benzene rings is 1. The van der Waals surface area contributed by atoms with E-state index in [2.05, 4.69) is 16.6 Å². The lowest BCUT2D eigenvalue weighted by Gasteiger charge is -2.15. The van der Waals surface area contributed by atoms with Crippen LogP contribution in [0.1, 0.15) is 19.4 Å². The normalized spacial score (nSPS) is 11.2. The maximum absolute atomic E-state index is 12.4. The fourth-order valence-corrected chi connectivity index (χ4v) is 1.85. The molecular formula is C16H19F2NO3. The van der Waals surface area contributed by atoms with Crippen LogP contribution < -0.4 is 10.1 Å². The second-order valence-corrected chi connectivity index (χ2v) is 4.18. The summed E-state index contributed by atoms with van der Waals surface area (Å²) >= 11 is 0. The average Bonchev–Trinajstić information content (AvgIpc) is 2.47. The van der Waals surface area contributed by atoms with Crippen LogP contribution in [0.5, 0.6) is 5.75 Å². The number of carbonyl (C=O) groups excluding carboxylic acids is 1. The summed E-state index contributed by atoms with van der Waals surface area (Å²) in [4.78, 5) is 12.0. The van der Waals surface area contributed by atoms with Gasteiger partial charge in [-0.3, -0.25) is 0 Å². The van der Waals surface area contributed by atoms with Gasteiger partial charge in [-0.25, -0.2) is 4.79 Å². The SMILES string of the molecule is C=CCNc1ccc(OC(F)F)cc1/C(=C/C)C(=O)OCC. The molecule has 0 spiro atoms. The zero-order chi connectivity index (χ0) is 16.5. The molecule has 0 saturated heterocycles. The smallest absolute Gasteiger partial charge is 0.387 e. The summed E-state index contributed by atoms with van der Waals surface area (Å²) in [7, 11) is 0. The van der Waals surface area contributed by atoms with Crippen molar-refractivity contribution in [1.29, 1.82) is 0 Å². The summed E-state index contributed by atoms with van der Waals surface area (Å²) in [5.41, 5.74) is 1.30. The Morgan fingerprint density at radius 2 is 2.18 bits per heavy atom. The Bertz CT molecular complexity index is 556. The van der Waals surface area contributed by atoms with Gasteiger partial charge >= 0.3 is 12.6 Å². The van der Waals surface area contributed by atoms with Gasteiger partial charge in [-0.2, -0.15) is 8.78 Å². The van der Waals surface area contributed by atoms with Gasteiger partial charge in [-0.05, 0) is 32.0 Å². The third-order valence-electron chi connectivity index (χ3n) is 2.73. The van der Waals surface area contributed by atoms with Gasteiger partial charge in [0.2, 0.25) is 0 Å². The summed E-state index contributed by atoms with van der Waals surface area (Å²) in [6.45, 7) is 4.71.